The van der Waals surface area contributed by atoms with E-state index in [9.17, 15) is 9.90 Å². The second-order valence-corrected chi connectivity index (χ2v) is 9.71. The minimum atomic E-state index is -1.54. The smallest absolute Gasteiger partial charge is 0.364 e. The van der Waals surface area contributed by atoms with Gasteiger partial charge in [0, 0.05) is 22.6 Å². The number of hydrogen-bond donors (Lipinski definition) is 1. The highest BCUT2D eigenvalue weighted by atomic mass is 32.2. The summed E-state index contributed by atoms with van der Waals surface area (Å²) in [7, 11) is 0. The van der Waals surface area contributed by atoms with Gasteiger partial charge in [0.2, 0.25) is 0 Å². The quantitative estimate of drug-likeness (QED) is 0.490. The zero-order chi connectivity index (χ0) is 23.5. The zero-order valence-electron chi connectivity index (χ0n) is 19.0. The highest BCUT2D eigenvalue weighted by molar-refractivity contribution is 7.99. The van der Waals surface area contributed by atoms with Gasteiger partial charge >= 0.3 is 5.97 Å². The Labute approximate surface area is 203 Å². The molecule has 3 aromatic rings. The molecule has 0 bridgehead atoms. The number of hydrogen-bond acceptors (Lipinski definition) is 6. The Hall–Kier alpha value is -3.00. The Morgan fingerprint density at radius 1 is 1.00 bits per heavy atom. The molecule has 0 unspecified atom stereocenters. The van der Waals surface area contributed by atoms with Crippen molar-refractivity contribution in [1.82, 2.24) is 0 Å². The average molecular weight is 478 g/mol. The van der Waals surface area contributed by atoms with Crippen molar-refractivity contribution in [2.45, 2.75) is 28.9 Å². The molecule has 7 heteroatoms. The summed E-state index contributed by atoms with van der Waals surface area (Å²) in [6.45, 7) is 3.47. The largest absolute Gasteiger partial charge is 0.492 e. The van der Waals surface area contributed by atoms with Crippen LogP contribution in [0.15, 0.2) is 82.6 Å². The molecule has 3 aromatic carbocycles. The number of aliphatic carboxylic acids is 1. The van der Waals surface area contributed by atoms with Gasteiger partial charge in [0.15, 0.2) is 0 Å². The molecule has 0 spiro atoms. The predicted octanol–water partition coefficient (Wildman–Crippen LogP) is 5.37. The van der Waals surface area contributed by atoms with E-state index in [1.54, 1.807) is 11.8 Å². The fourth-order valence-electron chi connectivity index (χ4n) is 4.22. The molecule has 1 N–H and O–H groups in total. The number of benzene rings is 3. The molecule has 0 amide bonds. The van der Waals surface area contributed by atoms with Crippen LogP contribution in [0.1, 0.15) is 12.5 Å². The molecule has 1 fully saturated rings. The van der Waals surface area contributed by atoms with Crippen LogP contribution in [-0.4, -0.2) is 43.2 Å². The van der Waals surface area contributed by atoms with Gasteiger partial charge in [0.25, 0.3) is 5.79 Å². The highest BCUT2D eigenvalue weighted by Crippen LogP contribution is 2.47. The van der Waals surface area contributed by atoms with Crippen LogP contribution in [0.3, 0.4) is 0 Å². The molecule has 34 heavy (non-hydrogen) atoms. The maximum atomic E-state index is 11.2. The van der Waals surface area contributed by atoms with E-state index in [1.165, 1.54) is 28.1 Å². The van der Waals surface area contributed by atoms with Crippen LogP contribution >= 0.6 is 11.8 Å². The second kappa shape index (κ2) is 9.70. The van der Waals surface area contributed by atoms with Crippen molar-refractivity contribution in [3.63, 3.8) is 0 Å². The molecule has 0 aromatic heterocycles. The SMILES string of the molecule is C[C@]1(C(=O)O)OC[C@H](Cc2ccc(OCCN3c4ccccc4Sc4ccccc43)cc2)CO1. The predicted molar refractivity (Wildman–Crippen MR) is 131 cm³/mol. The molecule has 2 heterocycles. The van der Waals surface area contributed by atoms with Crippen molar-refractivity contribution in [3.8, 4) is 5.75 Å². The van der Waals surface area contributed by atoms with E-state index >= 15 is 0 Å². The third-order valence-electron chi connectivity index (χ3n) is 6.14. The summed E-state index contributed by atoms with van der Waals surface area (Å²) in [4.78, 5) is 16.1. The summed E-state index contributed by atoms with van der Waals surface area (Å²) in [6.07, 6.45) is 0.759. The highest BCUT2D eigenvalue weighted by Gasteiger charge is 2.40. The zero-order valence-corrected chi connectivity index (χ0v) is 19.8. The van der Waals surface area contributed by atoms with E-state index < -0.39 is 11.8 Å². The molecular formula is C27H27NO5S. The summed E-state index contributed by atoms with van der Waals surface area (Å²) >= 11 is 1.80. The van der Waals surface area contributed by atoms with Gasteiger partial charge in [-0.3, -0.25) is 0 Å². The van der Waals surface area contributed by atoms with Crippen LogP contribution < -0.4 is 9.64 Å². The van der Waals surface area contributed by atoms with Crippen LogP contribution in [0.25, 0.3) is 0 Å². The summed E-state index contributed by atoms with van der Waals surface area (Å²) in [5.74, 6) is -1.69. The van der Waals surface area contributed by atoms with E-state index in [-0.39, 0.29) is 5.92 Å². The molecule has 6 nitrogen and oxygen atoms in total. The van der Waals surface area contributed by atoms with Gasteiger partial charge in [-0.05, 0) is 48.4 Å². The van der Waals surface area contributed by atoms with Crippen LogP contribution in [0.5, 0.6) is 5.75 Å². The van der Waals surface area contributed by atoms with E-state index in [4.69, 9.17) is 14.2 Å². The fraction of sp³-hybridized carbons (Fsp3) is 0.296. The van der Waals surface area contributed by atoms with Crippen molar-refractivity contribution >= 4 is 29.1 Å². The van der Waals surface area contributed by atoms with Gasteiger partial charge in [-0.1, -0.05) is 48.2 Å². The molecule has 0 saturated carbocycles. The maximum absolute atomic E-state index is 11.2. The van der Waals surface area contributed by atoms with E-state index in [0.29, 0.717) is 19.8 Å². The number of carboxylic acid groups (broad SMARTS) is 1. The van der Waals surface area contributed by atoms with Crippen molar-refractivity contribution in [2.75, 3.05) is 31.3 Å². The minimum absolute atomic E-state index is 0.122. The summed E-state index contributed by atoms with van der Waals surface area (Å²) in [6, 6.07) is 25.0. The lowest BCUT2D eigenvalue weighted by Gasteiger charge is -2.34. The number of anilines is 2. The van der Waals surface area contributed by atoms with Crippen molar-refractivity contribution < 1.29 is 24.1 Å². The molecular weight excluding hydrogens is 450 g/mol. The third kappa shape index (κ3) is 4.78. The molecule has 2 aliphatic heterocycles. The Kier molecular flexibility index (Phi) is 6.50. The van der Waals surface area contributed by atoms with Crippen LogP contribution in [0.4, 0.5) is 11.4 Å². The van der Waals surface area contributed by atoms with E-state index in [1.807, 2.05) is 24.3 Å². The Morgan fingerprint density at radius 2 is 1.59 bits per heavy atom. The Balaban J connectivity index is 1.16. The number of fused-ring (bicyclic) bond motifs is 2. The normalized spacial score (nSPS) is 21.4. The maximum Gasteiger partial charge on any atom is 0.364 e. The van der Waals surface area contributed by atoms with Crippen LogP contribution in [-0.2, 0) is 20.7 Å². The van der Waals surface area contributed by atoms with Crippen molar-refractivity contribution in [2.24, 2.45) is 5.92 Å². The first-order valence-corrected chi connectivity index (χ1v) is 12.2. The lowest BCUT2D eigenvalue weighted by Crippen LogP contribution is -2.48. The number of rotatable bonds is 7. The fourth-order valence-corrected chi connectivity index (χ4v) is 5.31. The third-order valence-corrected chi connectivity index (χ3v) is 7.27. The van der Waals surface area contributed by atoms with Crippen LogP contribution in [0.2, 0.25) is 0 Å². The number of ether oxygens (including phenoxy) is 3. The van der Waals surface area contributed by atoms with Gasteiger partial charge in [-0.15, -0.1) is 0 Å². The molecule has 176 valence electrons. The Morgan fingerprint density at radius 3 is 2.18 bits per heavy atom. The number of carbonyl (C=O) groups is 1. The molecule has 0 aliphatic carbocycles. The summed E-state index contributed by atoms with van der Waals surface area (Å²) in [5.41, 5.74) is 3.56. The summed E-state index contributed by atoms with van der Waals surface area (Å²) in [5, 5.41) is 9.19. The number of carboxylic acids is 1. The Bertz CT molecular complexity index is 1110. The van der Waals surface area contributed by atoms with Gasteiger partial charge in [-0.25, -0.2) is 4.79 Å². The number of nitrogens with zero attached hydrogens (tertiary/aromatic N) is 1. The monoisotopic (exact) mass is 477 g/mol. The standard InChI is InChI=1S/C27H27NO5S/c1-27(26(29)30)32-17-20(18-33-27)16-19-10-12-21(13-11-19)31-15-14-28-22-6-2-4-8-24(22)34-25-9-5-3-7-23(25)28/h2-13,20H,14-18H2,1H3,(H,29,30)/t20-,27-. The van der Waals surface area contributed by atoms with E-state index in [0.717, 1.165) is 24.3 Å². The first kappa shape index (κ1) is 22.8. The van der Waals surface area contributed by atoms with Crippen molar-refractivity contribution in [1.29, 1.82) is 0 Å². The molecule has 2 aliphatic rings. The van der Waals surface area contributed by atoms with E-state index in [2.05, 4.69) is 53.4 Å². The molecule has 0 atom stereocenters. The minimum Gasteiger partial charge on any atom is -0.492 e. The van der Waals surface area contributed by atoms with Crippen molar-refractivity contribution in [3.05, 3.63) is 78.4 Å². The number of para-hydroxylation sites is 2. The van der Waals surface area contributed by atoms with Gasteiger partial charge < -0.3 is 24.2 Å². The van der Waals surface area contributed by atoms with Gasteiger partial charge in [-0.2, -0.15) is 0 Å². The lowest BCUT2D eigenvalue weighted by molar-refractivity contribution is -0.270. The first-order valence-electron chi connectivity index (χ1n) is 11.4. The first-order chi connectivity index (χ1) is 16.5. The summed E-state index contributed by atoms with van der Waals surface area (Å²) < 4.78 is 17.0. The molecule has 5 rings (SSSR count). The van der Waals surface area contributed by atoms with Crippen LogP contribution in [0, 0.1) is 5.92 Å². The average Bonchev–Trinajstić information content (AvgIpc) is 2.86. The lowest BCUT2D eigenvalue weighted by atomic mass is 9.99. The topological polar surface area (TPSA) is 68.2 Å². The van der Waals surface area contributed by atoms with Gasteiger partial charge in [0.05, 0.1) is 31.1 Å². The molecule has 1 saturated heterocycles. The molecule has 0 radical (unpaired) electrons. The second-order valence-electron chi connectivity index (χ2n) is 8.62. The van der Waals surface area contributed by atoms with Gasteiger partial charge in [0.1, 0.15) is 12.4 Å².